The lowest BCUT2D eigenvalue weighted by Crippen LogP contribution is -2.35. The maximum absolute atomic E-state index is 13.1. The Morgan fingerprint density at radius 3 is 2.74 bits per heavy atom. The van der Waals surface area contributed by atoms with Crippen LogP contribution in [0.5, 0.6) is 5.75 Å². The standard InChI is InChI=1S/C23H24FN3O4/c1-16-21(15-30-20-7-5-18(24)6-8-20)22(26-31-16)23(28)25-19-4-2-3-17(13-19)14-27-9-11-29-12-10-27/h2-8,13H,9-12,14-15H2,1H3,(H,25,28). The number of halogens is 1. The van der Waals surface area contributed by atoms with E-state index < -0.39 is 0 Å². The molecule has 0 aliphatic carbocycles. The number of carbonyl (C=O) groups excluding carboxylic acids is 1. The number of nitrogens with one attached hydrogen (secondary N) is 1. The molecule has 0 unspecified atom stereocenters. The van der Waals surface area contributed by atoms with Crippen LogP contribution in [0.25, 0.3) is 0 Å². The van der Waals surface area contributed by atoms with Crippen LogP contribution in [0, 0.1) is 12.7 Å². The molecule has 31 heavy (non-hydrogen) atoms. The zero-order valence-electron chi connectivity index (χ0n) is 17.3. The molecule has 7 nitrogen and oxygen atoms in total. The molecule has 1 aliphatic heterocycles. The second-order valence-corrected chi connectivity index (χ2v) is 7.35. The number of benzene rings is 2. The van der Waals surface area contributed by atoms with Gasteiger partial charge in [-0.2, -0.15) is 0 Å². The van der Waals surface area contributed by atoms with Crippen molar-refractivity contribution >= 4 is 11.6 Å². The Balaban J connectivity index is 1.41. The van der Waals surface area contributed by atoms with Crippen molar-refractivity contribution in [1.82, 2.24) is 10.1 Å². The number of hydrogen-bond acceptors (Lipinski definition) is 6. The molecular formula is C23H24FN3O4. The van der Waals surface area contributed by atoms with Gasteiger partial charge in [0, 0.05) is 25.3 Å². The van der Waals surface area contributed by atoms with Gasteiger partial charge >= 0.3 is 0 Å². The van der Waals surface area contributed by atoms with E-state index in [1.165, 1.54) is 24.3 Å². The summed E-state index contributed by atoms with van der Waals surface area (Å²) in [4.78, 5) is 15.2. The first-order valence-electron chi connectivity index (χ1n) is 10.1. The van der Waals surface area contributed by atoms with Crippen LogP contribution in [0.1, 0.15) is 27.4 Å². The average molecular weight is 425 g/mol. The summed E-state index contributed by atoms with van der Waals surface area (Å²) in [5.74, 6) is 0.264. The van der Waals surface area contributed by atoms with Crippen LogP contribution in [-0.2, 0) is 17.9 Å². The fraction of sp³-hybridized carbons (Fsp3) is 0.304. The highest BCUT2D eigenvalue weighted by molar-refractivity contribution is 6.03. The van der Waals surface area contributed by atoms with Crippen molar-refractivity contribution in [3.8, 4) is 5.75 Å². The largest absolute Gasteiger partial charge is 0.489 e. The Labute approximate surface area is 179 Å². The van der Waals surface area contributed by atoms with E-state index in [2.05, 4.69) is 15.4 Å². The molecule has 0 radical (unpaired) electrons. The Morgan fingerprint density at radius 1 is 1.19 bits per heavy atom. The van der Waals surface area contributed by atoms with Gasteiger partial charge in [-0.1, -0.05) is 17.3 Å². The Bertz CT molecular complexity index is 1030. The van der Waals surface area contributed by atoms with Crippen LogP contribution < -0.4 is 10.1 Å². The highest BCUT2D eigenvalue weighted by Gasteiger charge is 2.21. The molecule has 8 heteroatoms. The van der Waals surface area contributed by atoms with E-state index in [1.807, 2.05) is 24.3 Å². The number of nitrogens with zero attached hydrogens (tertiary/aromatic N) is 2. The molecule has 0 spiro atoms. The van der Waals surface area contributed by atoms with Gasteiger partial charge < -0.3 is 19.3 Å². The second-order valence-electron chi connectivity index (χ2n) is 7.35. The topological polar surface area (TPSA) is 76.8 Å². The fourth-order valence-corrected chi connectivity index (χ4v) is 3.38. The number of hydrogen-bond donors (Lipinski definition) is 1. The predicted octanol–water partition coefficient (Wildman–Crippen LogP) is 3.79. The van der Waals surface area contributed by atoms with E-state index in [1.54, 1.807) is 6.92 Å². The van der Waals surface area contributed by atoms with E-state index in [4.69, 9.17) is 14.0 Å². The van der Waals surface area contributed by atoms with Crippen molar-refractivity contribution in [2.75, 3.05) is 31.6 Å². The van der Waals surface area contributed by atoms with Crippen LogP contribution in [0.3, 0.4) is 0 Å². The summed E-state index contributed by atoms with van der Waals surface area (Å²) in [7, 11) is 0. The lowest BCUT2D eigenvalue weighted by atomic mass is 10.1. The summed E-state index contributed by atoms with van der Waals surface area (Å²) in [5, 5.41) is 6.79. The monoisotopic (exact) mass is 425 g/mol. The lowest BCUT2D eigenvalue weighted by Gasteiger charge is -2.26. The van der Waals surface area contributed by atoms with Crippen molar-refractivity contribution in [3.63, 3.8) is 0 Å². The third-order valence-electron chi connectivity index (χ3n) is 5.09. The van der Waals surface area contributed by atoms with E-state index in [-0.39, 0.29) is 24.0 Å². The van der Waals surface area contributed by atoms with Gasteiger partial charge in [-0.25, -0.2) is 4.39 Å². The number of carbonyl (C=O) groups is 1. The van der Waals surface area contributed by atoms with Crippen molar-refractivity contribution in [1.29, 1.82) is 0 Å². The zero-order chi connectivity index (χ0) is 21.6. The van der Waals surface area contributed by atoms with Gasteiger partial charge in [-0.05, 0) is 48.9 Å². The van der Waals surface area contributed by atoms with Crippen LogP contribution in [0.4, 0.5) is 10.1 Å². The minimum atomic E-state index is -0.377. The average Bonchev–Trinajstić information content (AvgIpc) is 3.15. The number of aromatic nitrogens is 1. The number of amides is 1. The van der Waals surface area contributed by atoms with E-state index in [0.29, 0.717) is 22.8 Å². The molecule has 1 saturated heterocycles. The summed E-state index contributed by atoms with van der Waals surface area (Å²) < 4.78 is 29.3. The highest BCUT2D eigenvalue weighted by atomic mass is 19.1. The zero-order valence-corrected chi connectivity index (χ0v) is 17.3. The number of anilines is 1. The van der Waals surface area contributed by atoms with Gasteiger partial charge in [0.2, 0.25) is 0 Å². The summed E-state index contributed by atoms with van der Waals surface area (Å²) in [5.41, 5.74) is 2.50. The third-order valence-corrected chi connectivity index (χ3v) is 5.09. The molecule has 1 fully saturated rings. The van der Waals surface area contributed by atoms with Gasteiger partial charge in [0.1, 0.15) is 23.9 Å². The van der Waals surface area contributed by atoms with Crippen LogP contribution in [0.2, 0.25) is 0 Å². The van der Waals surface area contributed by atoms with Gasteiger partial charge in [-0.3, -0.25) is 9.69 Å². The van der Waals surface area contributed by atoms with Gasteiger partial charge in [0.15, 0.2) is 5.69 Å². The highest BCUT2D eigenvalue weighted by Crippen LogP contribution is 2.20. The first-order valence-corrected chi connectivity index (χ1v) is 10.1. The normalized spacial score (nSPS) is 14.4. The Kier molecular flexibility index (Phi) is 6.59. The van der Waals surface area contributed by atoms with E-state index >= 15 is 0 Å². The molecule has 1 amide bonds. The van der Waals surface area contributed by atoms with Gasteiger partial charge in [-0.15, -0.1) is 0 Å². The molecule has 1 aliphatic rings. The first kappa shape index (κ1) is 21.0. The molecule has 0 saturated carbocycles. The molecular weight excluding hydrogens is 401 g/mol. The predicted molar refractivity (Wildman–Crippen MR) is 112 cm³/mol. The molecule has 2 aromatic carbocycles. The summed E-state index contributed by atoms with van der Waals surface area (Å²) in [6.45, 7) is 5.87. The fourth-order valence-electron chi connectivity index (χ4n) is 3.38. The molecule has 0 bridgehead atoms. The van der Waals surface area contributed by atoms with Crippen molar-refractivity contribution in [2.24, 2.45) is 0 Å². The summed E-state index contributed by atoms with van der Waals surface area (Å²) in [6, 6.07) is 13.4. The Hall–Kier alpha value is -3.23. The summed E-state index contributed by atoms with van der Waals surface area (Å²) >= 11 is 0. The van der Waals surface area contributed by atoms with Crippen LogP contribution in [0.15, 0.2) is 53.1 Å². The molecule has 2 heterocycles. The second kappa shape index (κ2) is 9.72. The van der Waals surface area contributed by atoms with E-state index in [9.17, 15) is 9.18 Å². The minimum absolute atomic E-state index is 0.0841. The number of ether oxygens (including phenoxy) is 2. The minimum Gasteiger partial charge on any atom is -0.489 e. The lowest BCUT2D eigenvalue weighted by molar-refractivity contribution is 0.0342. The number of morpholine rings is 1. The maximum Gasteiger partial charge on any atom is 0.278 e. The van der Waals surface area contributed by atoms with Crippen molar-refractivity contribution < 1.29 is 23.2 Å². The van der Waals surface area contributed by atoms with Crippen LogP contribution in [-0.4, -0.2) is 42.3 Å². The van der Waals surface area contributed by atoms with Gasteiger partial charge in [0.05, 0.1) is 18.8 Å². The van der Waals surface area contributed by atoms with Crippen molar-refractivity contribution in [3.05, 3.63) is 76.9 Å². The molecule has 0 atom stereocenters. The quantitative estimate of drug-likeness (QED) is 0.621. The molecule has 3 aromatic rings. The SMILES string of the molecule is Cc1onc(C(=O)Nc2cccc(CN3CCOCC3)c2)c1COc1ccc(F)cc1. The molecule has 1 aromatic heterocycles. The molecule has 162 valence electrons. The number of aryl methyl sites for hydroxylation is 1. The molecule has 1 N–H and O–H groups in total. The first-order chi connectivity index (χ1) is 15.1. The van der Waals surface area contributed by atoms with Crippen LogP contribution >= 0.6 is 0 Å². The van der Waals surface area contributed by atoms with Gasteiger partial charge in [0.25, 0.3) is 5.91 Å². The van der Waals surface area contributed by atoms with Crippen molar-refractivity contribution in [2.45, 2.75) is 20.1 Å². The Morgan fingerprint density at radius 2 is 1.97 bits per heavy atom. The summed E-state index contributed by atoms with van der Waals surface area (Å²) in [6.07, 6.45) is 0. The maximum atomic E-state index is 13.1. The smallest absolute Gasteiger partial charge is 0.278 e. The molecule has 4 rings (SSSR count). The van der Waals surface area contributed by atoms with E-state index in [0.717, 1.165) is 38.4 Å². The third kappa shape index (κ3) is 5.48. The number of rotatable bonds is 7.